The molecule has 0 aromatic heterocycles. The summed E-state index contributed by atoms with van der Waals surface area (Å²) in [6, 6.07) is 7.56. The Balaban J connectivity index is 2.20. The molecule has 0 radical (unpaired) electrons. The van der Waals surface area contributed by atoms with E-state index in [2.05, 4.69) is 22.5 Å². The first-order valence-corrected chi connectivity index (χ1v) is 6.40. The third-order valence-electron chi connectivity index (χ3n) is 3.18. The van der Waals surface area contributed by atoms with Gasteiger partial charge < -0.3 is 10.1 Å². The van der Waals surface area contributed by atoms with Gasteiger partial charge in [-0.25, -0.2) is 0 Å². The van der Waals surface area contributed by atoms with Gasteiger partial charge in [0.25, 0.3) is 5.91 Å². The second-order valence-corrected chi connectivity index (χ2v) is 4.65. The molecule has 1 atom stereocenters. The standard InChI is InChI=1S/C14H19N3O2/c1-4-9-19-11-7-5-10(6-8-11)14(2)12(18)16-13(15-3)17-14/h5-8H,4,9H2,1-3H3,(H2,15,16,17,18). The molecule has 1 fully saturated rings. The molecule has 1 aromatic rings. The lowest BCUT2D eigenvalue weighted by atomic mass is 9.92. The fourth-order valence-corrected chi connectivity index (χ4v) is 1.98. The first-order chi connectivity index (χ1) is 9.10. The first-order valence-electron chi connectivity index (χ1n) is 6.40. The molecular formula is C14H19N3O2. The highest BCUT2D eigenvalue weighted by Gasteiger charge is 2.42. The number of carbonyl (C=O) groups excluding carboxylic acids is 1. The molecule has 1 aliphatic heterocycles. The summed E-state index contributed by atoms with van der Waals surface area (Å²) in [6.07, 6.45) is 0.972. The quantitative estimate of drug-likeness (QED) is 0.861. The van der Waals surface area contributed by atoms with E-state index < -0.39 is 5.54 Å². The number of carbonyl (C=O) groups is 1. The molecule has 0 spiro atoms. The monoisotopic (exact) mass is 261 g/mol. The molecule has 1 aromatic carbocycles. The average Bonchev–Trinajstić information content (AvgIpc) is 2.73. The van der Waals surface area contributed by atoms with E-state index in [1.54, 1.807) is 7.05 Å². The van der Waals surface area contributed by atoms with Crippen LogP contribution in [0.2, 0.25) is 0 Å². The van der Waals surface area contributed by atoms with Crippen molar-refractivity contribution in [3.8, 4) is 5.75 Å². The zero-order chi connectivity index (χ0) is 13.9. The van der Waals surface area contributed by atoms with Crippen molar-refractivity contribution in [2.45, 2.75) is 25.8 Å². The Labute approximate surface area is 113 Å². The van der Waals surface area contributed by atoms with E-state index in [1.807, 2.05) is 31.2 Å². The van der Waals surface area contributed by atoms with Crippen molar-refractivity contribution < 1.29 is 9.53 Å². The number of hydrogen-bond donors (Lipinski definition) is 2. The highest BCUT2D eigenvalue weighted by atomic mass is 16.5. The zero-order valence-electron chi connectivity index (χ0n) is 11.5. The first kappa shape index (κ1) is 13.4. The lowest BCUT2D eigenvalue weighted by Gasteiger charge is -2.21. The Kier molecular flexibility index (Phi) is 3.74. The van der Waals surface area contributed by atoms with Crippen LogP contribution >= 0.6 is 0 Å². The summed E-state index contributed by atoms with van der Waals surface area (Å²) < 4.78 is 5.53. The summed E-state index contributed by atoms with van der Waals surface area (Å²) in [5.74, 6) is 1.21. The molecule has 5 nitrogen and oxygen atoms in total. The largest absolute Gasteiger partial charge is 0.494 e. The van der Waals surface area contributed by atoms with Crippen LogP contribution in [0.15, 0.2) is 29.3 Å². The van der Waals surface area contributed by atoms with E-state index in [0.29, 0.717) is 12.6 Å². The molecule has 1 unspecified atom stereocenters. The number of aliphatic imine (C=N–C) groups is 1. The lowest BCUT2D eigenvalue weighted by Crippen LogP contribution is -2.40. The second kappa shape index (κ2) is 5.30. The molecule has 19 heavy (non-hydrogen) atoms. The summed E-state index contributed by atoms with van der Waals surface area (Å²) >= 11 is 0. The Morgan fingerprint density at radius 3 is 2.53 bits per heavy atom. The number of rotatable bonds is 4. The molecule has 2 rings (SSSR count). The number of guanidine groups is 1. The molecule has 2 N–H and O–H groups in total. The Bertz CT molecular complexity index is 496. The Hall–Kier alpha value is -2.04. The van der Waals surface area contributed by atoms with Crippen molar-refractivity contribution in [1.82, 2.24) is 10.6 Å². The van der Waals surface area contributed by atoms with E-state index in [1.165, 1.54) is 0 Å². The fourth-order valence-electron chi connectivity index (χ4n) is 1.98. The molecule has 0 aliphatic carbocycles. The van der Waals surface area contributed by atoms with Crippen LogP contribution < -0.4 is 15.4 Å². The molecule has 0 bridgehead atoms. The number of nitrogens with zero attached hydrogens (tertiary/aromatic N) is 1. The molecular weight excluding hydrogens is 242 g/mol. The molecule has 1 saturated heterocycles. The smallest absolute Gasteiger partial charge is 0.256 e. The Morgan fingerprint density at radius 1 is 1.32 bits per heavy atom. The fraction of sp³-hybridized carbons (Fsp3) is 0.429. The van der Waals surface area contributed by atoms with Crippen LogP contribution in [-0.4, -0.2) is 25.5 Å². The highest BCUT2D eigenvalue weighted by Crippen LogP contribution is 2.26. The summed E-state index contributed by atoms with van der Waals surface area (Å²) in [5, 5.41) is 5.80. The number of nitrogens with one attached hydrogen (secondary N) is 2. The summed E-state index contributed by atoms with van der Waals surface area (Å²) in [4.78, 5) is 16.0. The number of hydrogen-bond acceptors (Lipinski definition) is 3. The van der Waals surface area contributed by atoms with Crippen molar-refractivity contribution in [3.05, 3.63) is 29.8 Å². The van der Waals surface area contributed by atoms with E-state index in [0.717, 1.165) is 17.7 Å². The maximum absolute atomic E-state index is 12.0. The topological polar surface area (TPSA) is 62.7 Å². The SMILES string of the molecule is CCCOc1ccc(C2(C)NC(=NC)NC2=O)cc1. The molecule has 1 heterocycles. The van der Waals surface area contributed by atoms with E-state index >= 15 is 0 Å². The lowest BCUT2D eigenvalue weighted by molar-refractivity contribution is -0.123. The molecule has 1 amide bonds. The van der Waals surface area contributed by atoms with Gasteiger partial charge in [-0.3, -0.25) is 15.1 Å². The van der Waals surface area contributed by atoms with Crippen LogP contribution in [0.1, 0.15) is 25.8 Å². The van der Waals surface area contributed by atoms with Crippen molar-refractivity contribution in [1.29, 1.82) is 0 Å². The predicted octanol–water partition coefficient (Wildman–Crippen LogP) is 1.40. The van der Waals surface area contributed by atoms with Gasteiger partial charge in [0.05, 0.1) is 6.61 Å². The van der Waals surface area contributed by atoms with Crippen molar-refractivity contribution in [2.75, 3.05) is 13.7 Å². The molecule has 0 saturated carbocycles. The summed E-state index contributed by atoms with van der Waals surface area (Å²) in [6.45, 7) is 4.60. The van der Waals surface area contributed by atoms with Gasteiger partial charge >= 0.3 is 0 Å². The van der Waals surface area contributed by atoms with Gasteiger partial charge in [-0.1, -0.05) is 19.1 Å². The summed E-state index contributed by atoms with van der Waals surface area (Å²) in [5.41, 5.74) is 0.102. The number of amides is 1. The van der Waals surface area contributed by atoms with Gasteiger partial charge in [0.2, 0.25) is 0 Å². The molecule has 102 valence electrons. The van der Waals surface area contributed by atoms with Gasteiger partial charge in [0.1, 0.15) is 11.3 Å². The predicted molar refractivity (Wildman–Crippen MR) is 74.2 cm³/mol. The minimum atomic E-state index is -0.780. The van der Waals surface area contributed by atoms with Crippen LogP contribution in [0.4, 0.5) is 0 Å². The van der Waals surface area contributed by atoms with E-state index in [-0.39, 0.29) is 5.91 Å². The van der Waals surface area contributed by atoms with Crippen LogP contribution in [-0.2, 0) is 10.3 Å². The maximum Gasteiger partial charge on any atom is 0.256 e. The van der Waals surface area contributed by atoms with Gasteiger partial charge in [0.15, 0.2) is 5.96 Å². The van der Waals surface area contributed by atoms with Gasteiger partial charge in [-0.2, -0.15) is 0 Å². The van der Waals surface area contributed by atoms with Crippen molar-refractivity contribution in [3.63, 3.8) is 0 Å². The highest BCUT2D eigenvalue weighted by molar-refractivity contribution is 6.09. The average molecular weight is 261 g/mol. The normalized spacial score (nSPS) is 24.2. The van der Waals surface area contributed by atoms with Crippen LogP contribution in [0.5, 0.6) is 5.75 Å². The molecule has 1 aliphatic rings. The summed E-state index contributed by atoms with van der Waals surface area (Å²) in [7, 11) is 1.63. The van der Waals surface area contributed by atoms with E-state index in [4.69, 9.17) is 4.74 Å². The number of ether oxygens (including phenoxy) is 1. The Morgan fingerprint density at radius 2 is 2.00 bits per heavy atom. The third-order valence-corrected chi connectivity index (χ3v) is 3.18. The molecule has 5 heteroatoms. The second-order valence-electron chi connectivity index (χ2n) is 4.65. The van der Waals surface area contributed by atoms with Gasteiger partial charge in [0, 0.05) is 7.05 Å². The number of benzene rings is 1. The minimum Gasteiger partial charge on any atom is -0.494 e. The van der Waals surface area contributed by atoms with Crippen molar-refractivity contribution >= 4 is 11.9 Å². The van der Waals surface area contributed by atoms with Crippen LogP contribution in [0.3, 0.4) is 0 Å². The maximum atomic E-state index is 12.0. The van der Waals surface area contributed by atoms with Crippen LogP contribution in [0.25, 0.3) is 0 Å². The van der Waals surface area contributed by atoms with Gasteiger partial charge in [-0.05, 0) is 31.0 Å². The minimum absolute atomic E-state index is 0.102. The van der Waals surface area contributed by atoms with Gasteiger partial charge in [-0.15, -0.1) is 0 Å². The van der Waals surface area contributed by atoms with E-state index in [9.17, 15) is 4.79 Å². The third kappa shape index (κ3) is 2.54. The van der Waals surface area contributed by atoms with Crippen LogP contribution in [0, 0.1) is 0 Å². The zero-order valence-corrected chi connectivity index (χ0v) is 11.5. The van der Waals surface area contributed by atoms with Crippen molar-refractivity contribution in [2.24, 2.45) is 4.99 Å².